The maximum atomic E-state index is 11.2. The molecule has 0 radical (unpaired) electrons. The summed E-state index contributed by atoms with van der Waals surface area (Å²) in [5, 5.41) is 8.00. The number of hydrogen-bond donors (Lipinski definition) is 0. The number of carbonyl (C=O) groups is 1. The molecule has 0 atom stereocenters. The molecule has 0 N–H and O–H groups in total. The fraction of sp³-hybridized carbons (Fsp3) is 0.235. The first-order valence-electron chi connectivity index (χ1n) is 7.37. The van der Waals surface area contributed by atoms with Crippen molar-refractivity contribution in [2.45, 2.75) is 26.2 Å². The van der Waals surface area contributed by atoms with Crippen molar-refractivity contribution >= 4 is 6.29 Å². The van der Waals surface area contributed by atoms with Crippen molar-refractivity contribution in [3.63, 3.8) is 0 Å². The summed E-state index contributed by atoms with van der Waals surface area (Å²) >= 11 is 0. The summed E-state index contributed by atoms with van der Waals surface area (Å²) in [6.45, 7) is 2.18. The van der Waals surface area contributed by atoms with E-state index in [0.717, 1.165) is 12.1 Å². The molecule has 5 nitrogen and oxygen atoms in total. The Labute approximate surface area is 128 Å². The van der Waals surface area contributed by atoms with Gasteiger partial charge in [0.15, 0.2) is 17.7 Å². The second kappa shape index (κ2) is 6.39. The van der Waals surface area contributed by atoms with Gasteiger partial charge in [0.2, 0.25) is 0 Å². The van der Waals surface area contributed by atoms with Crippen molar-refractivity contribution in [1.29, 1.82) is 0 Å². The molecule has 0 bridgehead atoms. The molecule has 5 heteroatoms. The first-order chi connectivity index (χ1) is 10.8. The molecule has 0 unspecified atom stereocenters. The van der Waals surface area contributed by atoms with Crippen LogP contribution in [0.3, 0.4) is 0 Å². The van der Waals surface area contributed by atoms with Gasteiger partial charge in [-0.3, -0.25) is 4.79 Å². The van der Waals surface area contributed by atoms with Gasteiger partial charge in [0.25, 0.3) is 0 Å². The monoisotopic (exact) mass is 295 g/mol. The number of unbranched alkanes of at least 4 members (excludes halogenated alkanes) is 1. The van der Waals surface area contributed by atoms with Gasteiger partial charge in [-0.05, 0) is 42.7 Å². The third kappa shape index (κ3) is 2.70. The molecule has 22 heavy (non-hydrogen) atoms. The van der Waals surface area contributed by atoms with Crippen LogP contribution < -0.4 is 0 Å². The van der Waals surface area contributed by atoms with Crippen LogP contribution in [0.4, 0.5) is 0 Å². The first kappa shape index (κ1) is 14.3. The Kier molecular flexibility index (Phi) is 4.14. The van der Waals surface area contributed by atoms with Crippen LogP contribution in [-0.2, 0) is 6.42 Å². The standard InChI is InChI=1S/C17H17N3O2/c1-2-3-5-13-7-9-14(10-8-13)20-17(15(12-21)18-19-20)16-6-4-11-22-16/h4,6-12H,2-3,5H2,1H3. The molecule has 0 saturated heterocycles. The Morgan fingerprint density at radius 2 is 2.05 bits per heavy atom. The maximum absolute atomic E-state index is 11.2. The van der Waals surface area contributed by atoms with Crippen LogP contribution in [0.1, 0.15) is 35.8 Å². The highest BCUT2D eigenvalue weighted by atomic mass is 16.3. The number of benzene rings is 1. The highest BCUT2D eigenvalue weighted by Gasteiger charge is 2.17. The zero-order valence-corrected chi connectivity index (χ0v) is 12.4. The van der Waals surface area contributed by atoms with Crippen molar-refractivity contribution in [1.82, 2.24) is 15.0 Å². The Bertz CT molecular complexity index is 743. The zero-order chi connectivity index (χ0) is 15.4. The summed E-state index contributed by atoms with van der Waals surface area (Å²) in [5.41, 5.74) is 2.99. The minimum Gasteiger partial charge on any atom is -0.463 e. The van der Waals surface area contributed by atoms with Gasteiger partial charge in [0.1, 0.15) is 5.69 Å². The second-order valence-corrected chi connectivity index (χ2v) is 5.10. The molecule has 0 spiro atoms. The molecular weight excluding hydrogens is 278 g/mol. The quantitative estimate of drug-likeness (QED) is 0.651. The molecule has 1 aromatic carbocycles. The predicted molar refractivity (Wildman–Crippen MR) is 83.1 cm³/mol. The van der Waals surface area contributed by atoms with Crippen molar-refractivity contribution in [2.75, 3.05) is 0 Å². The molecule has 0 aliphatic carbocycles. The number of aromatic nitrogens is 3. The van der Waals surface area contributed by atoms with Gasteiger partial charge in [0.05, 0.1) is 12.0 Å². The van der Waals surface area contributed by atoms with Crippen LogP contribution in [0.2, 0.25) is 0 Å². The van der Waals surface area contributed by atoms with Crippen molar-refractivity contribution in [3.05, 3.63) is 53.9 Å². The minimum absolute atomic E-state index is 0.269. The van der Waals surface area contributed by atoms with Crippen LogP contribution in [0.25, 0.3) is 17.1 Å². The van der Waals surface area contributed by atoms with Crippen LogP contribution in [-0.4, -0.2) is 21.3 Å². The lowest BCUT2D eigenvalue weighted by Crippen LogP contribution is -2.00. The highest BCUT2D eigenvalue weighted by Crippen LogP contribution is 2.25. The summed E-state index contributed by atoms with van der Waals surface area (Å²) in [6.07, 6.45) is 5.68. The summed E-state index contributed by atoms with van der Waals surface area (Å²) in [4.78, 5) is 11.2. The molecule has 2 aromatic heterocycles. The third-order valence-electron chi connectivity index (χ3n) is 3.56. The molecule has 2 heterocycles. The highest BCUT2D eigenvalue weighted by molar-refractivity contribution is 5.82. The fourth-order valence-corrected chi connectivity index (χ4v) is 2.38. The molecule has 0 fully saturated rings. The van der Waals surface area contributed by atoms with Crippen molar-refractivity contribution in [3.8, 4) is 17.1 Å². The Balaban J connectivity index is 1.98. The van der Waals surface area contributed by atoms with Gasteiger partial charge in [-0.1, -0.05) is 30.7 Å². The van der Waals surface area contributed by atoms with Crippen molar-refractivity contribution in [2.24, 2.45) is 0 Å². The third-order valence-corrected chi connectivity index (χ3v) is 3.56. The smallest absolute Gasteiger partial charge is 0.172 e. The zero-order valence-electron chi connectivity index (χ0n) is 12.4. The SMILES string of the molecule is CCCCc1ccc(-n2nnc(C=O)c2-c2ccco2)cc1. The van der Waals surface area contributed by atoms with Gasteiger partial charge in [-0.25, -0.2) is 4.68 Å². The predicted octanol–water partition coefficient (Wildman–Crippen LogP) is 3.68. The summed E-state index contributed by atoms with van der Waals surface area (Å²) < 4.78 is 7.03. The van der Waals surface area contributed by atoms with E-state index in [1.807, 2.05) is 12.1 Å². The topological polar surface area (TPSA) is 60.9 Å². The van der Waals surface area contributed by atoms with Gasteiger partial charge in [-0.2, -0.15) is 0 Å². The van der Waals surface area contributed by atoms with E-state index in [0.29, 0.717) is 17.7 Å². The normalized spacial score (nSPS) is 10.8. The Hall–Kier alpha value is -2.69. The fourth-order valence-electron chi connectivity index (χ4n) is 2.38. The number of nitrogens with zero attached hydrogens (tertiary/aromatic N) is 3. The van der Waals surface area contributed by atoms with Gasteiger partial charge < -0.3 is 4.42 Å². The maximum Gasteiger partial charge on any atom is 0.172 e. The molecular formula is C17H17N3O2. The molecule has 112 valence electrons. The number of aldehydes is 1. The largest absolute Gasteiger partial charge is 0.463 e. The average molecular weight is 295 g/mol. The lowest BCUT2D eigenvalue weighted by molar-refractivity contribution is 0.111. The molecule has 3 aromatic rings. The van der Waals surface area contributed by atoms with E-state index in [4.69, 9.17) is 4.42 Å². The molecule has 0 saturated carbocycles. The van der Waals surface area contributed by atoms with Gasteiger partial charge >= 0.3 is 0 Å². The minimum atomic E-state index is 0.269. The molecule has 0 amide bonds. The van der Waals surface area contributed by atoms with E-state index in [1.54, 1.807) is 23.1 Å². The van der Waals surface area contributed by atoms with Crippen LogP contribution in [0.5, 0.6) is 0 Å². The second-order valence-electron chi connectivity index (χ2n) is 5.10. The van der Waals surface area contributed by atoms with Crippen LogP contribution >= 0.6 is 0 Å². The van der Waals surface area contributed by atoms with Gasteiger partial charge in [0, 0.05) is 0 Å². The lowest BCUT2D eigenvalue weighted by Gasteiger charge is -2.06. The van der Waals surface area contributed by atoms with Gasteiger partial charge in [-0.15, -0.1) is 5.10 Å². The average Bonchev–Trinajstić information content (AvgIpc) is 3.21. The number of hydrogen-bond acceptors (Lipinski definition) is 4. The summed E-state index contributed by atoms with van der Waals surface area (Å²) in [5.74, 6) is 0.571. The van der Waals surface area contributed by atoms with E-state index in [1.165, 1.54) is 18.4 Å². The summed E-state index contributed by atoms with van der Waals surface area (Å²) in [7, 11) is 0. The van der Waals surface area contributed by atoms with E-state index in [-0.39, 0.29) is 5.69 Å². The van der Waals surface area contributed by atoms with E-state index in [2.05, 4.69) is 29.4 Å². The van der Waals surface area contributed by atoms with Crippen LogP contribution in [0, 0.1) is 0 Å². The van der Waals surface area contributed by atoms with E-state index in [9.17, 15) is 4.79 Å². The molecule has 0 aliphatic heterocycles. The number of rotatable bonds is 6. The first-order valence-corrected chi connectivity index (χ1v) is 7.37. The number of aryl methyl sites for hydroxylation is 1. The Morgan fingerprint density at radius 3 is 2.68 bits per heavy atom. The molecule has 3 rings (SSSR count). The van der Waals surface area contributed by atoms with Crippen molar-refractivity contribution < 1.29 is 9.21 Å². The van der Waals surface area contributed by atoms with Crippen LogP contribution in [0.15, 0.2) is 47.1 Å². The lowest BCUT2D eigenvalue weighted by atomic mass is 10.1. The van der Waals surface area contributed by atoms with E-state index >= 15 is 0 Å². The van der Waals surface area contributed by atoms with E-state index < -0.39 is 0 Å². The number of carbonyl (C=O) groups excluding carboxylic acids is 1. The number of furan rings is 1. The Morgan fingerprint density at radius 1 is 1.23 bits per heavy atom. The summed E-state index contributed by atoms with van der Waals surface area (Å²) in [6, 6.07) is 11.7. The molecule has 0 aliphatic rings.